The second kappa shape index (κ2) is 6.96. The molecule has 0 spiro atoms. The van der Waals surface area contributed by atoms with Gasteiger partial charge in [-0.25, -0.2) is 4.98 Å². The molecule has 0 unspecified atom stereocenters. The maximum absolute atomic E-state index is 12.6. The highest BCUT2D eigenvalue weighted by Crippen LogP contribution is 2.30. The van der Waals surface area contributed by atoms with Crippen molar-refractivity contribution in [2.45, 2.75) is 26.2 Å². The minimum Gasteiger partial charge on any atom is -0.342 e. The standard InChI is InChI=1S/C21H22N2OS/c1-15-9-11-23(12-10-15)20(24)14-16-5-4-6-17(13-16)21-22-18-7-2-3-8-19(18)25-21/h2-8,13,15H,9-12,14H2,1H3. The highest BCUT2D eigenvalue weighted by molar-refractivity contribution is 7.21. The summed E-state index contributed by atoms with van der Waals surface area (Å²) in [4.78, 5) is 19.3. The lowest BCUT2D eigenvalue weighted by atomic mass is 9.98. The van der Waals surface area contributed by atoms with Crippen molar-refractivity contribution >= 4 is 27.5 Å². The molecular weight excluding hydrogens is 328 g/mol. The van der Waals surface area contributed by atoms with Gasteiger partial charge in [-0.2, -0.15) is 0 Å². The number of hydrogen-bond donors (Lipinski definition) is 0. The molecule has 1 aliphatic rings. The van der Waals surface area contributed by atoms with Gasteiger partial charge in [-0.1, -0.05) is 37.3 Å². The van der Waals surface area contributed by atoms with Crippen LogP contribution in [0.4, 0.5) is 0 Å². The smallest absolute Gasteiger partial charge is 0.226 e. The van der Waals surface area contributed by atoms with Crippen molar-refractivity contribution in [1.82, 2.24) is 9.88 Å². The molecule has 1 amide bonds. The van der Waals surface area contributed by atoms with E-state index in [4.69, 9.17) is 4.98 Å². The van der Waals surface area contributed by atoms with E-state index in [9.17, 15) is 4.79 Å². The van der Waals surface area contributed by atoms with Crippen LogP contribution in [-0.4, -0.2) is 28.9 Å². The van der Waals surface area contributed by atoms with Crippen LogP contribution in [0.2, 0.25) is 0 Å². The first-order valence-electron chi connectivity index (χ1n) is 8.92. The molecule has 2 aromatic carbocycles. The minimum absolute atomic E-state index is 0.244. The van der Waals surface area contributed by atoms with Gasteiger partial charge in [0.15, 0.2) is 0 Å². The van der Waals surface area contributed by atoms with Gasteiger partial charge in [-0.05, 0) is 42.5 Å². The third kappa shape index (κ3) is 3.59. The van der Waals surface area contributed by atoms with Crippen LogP contribution in [0.25, 0.3) is 20.8 Å². The summed E-state index contributed by atoms with van der Waals surface area (Å²) in [5, 5.41) is 1.02. The van der Waals surface area contributed by atoms with Crippen LogP contribution in [-0.2, 0) is 11.2 Å². The van der Waals surface area contributed by atoms with E-state index in [-0.39, 0.29) is 5.91 Å². The van der Waals surface area contributed by atoms with E-state index in [0.717, 1.165) is 53.5 Å². The van der Waals surface area contributed by atoms with Crippen molar-refractivity contribution in [3.63, 3.8) is 0 Å². The van der Waals surface area contributed by atoms with Gasteiger partial charge >= 0.3 is 0 Å². The monoisotopic (exact) mass is 350 g/mol. The van der Waals surface area contributed by atoms with Crippen LogP contribution >= 0.6 is 11.3 Å². The van der Waals surface area contributed by atoms with E-state index in [1.54, 1.807) is 11.3 Å². The lowest BCUT2D eigenvalue weighted by Gasteiger charge is -2.30. The molecule has 3 aromatic rings. The first-order chi connectivity index (χ1) is 12.2. The Hall–Kier alpha value is -2.20. The van der Waals surface area contributed by atoms with E-state index < -0.39 is 0 Å². The molecule has 1 saturated heterocycles. The van der Waals surface area contributed by atoms with Gasteiger partial charge in [0.05, 0.1) is 16.6 Å². The lowest BCUT2D eigenvalue weighted by molar-refractivity contribution is -0.131. The van der Waals surface area contributed by atoms with Crippen molar-refractivity contribution in [2.75, 3.05) is 13.1 Å². The molecule has 0 bridgehead atoms. The summed E-state index contributed by atoms with van der Waals surface area (Å²) in [5.41, 5.74) is 3.20. The number of aromatic nitrogens is 1. The van der Waals surface area contributed by atoms with Crippen molar-refractivity contribution < 1.29 is 4.79 Å². The molecule has 0 radical (unpaired) electrons. The number of para-hydroxylation sites is 1. The normalized spacial score (nSPS) is 15.6. The lowest BCUT2D eigenvalue weighted by Crippen LogP contribution is -2.38. The summed E-state index contributed by atoms with van der Waals surface area (Å²) in [6.45, 7) is 4.07. The largest absolute Gasteiger partial charge is 0.342 e. The number of piperidine rings is 1. The topological polar surface area (TPSA) is 33.2 Å². The number of amides is 1. The number of benzene rings is 2. The molecule has 2 heterocycles. The molecule has 0 atom stereocenters. The van der Waals surface area contributed by atoms with Gasteiger partial charge in [0, 0.05) is 18.7 Å². The van der Waals surface area contributed by atoms with Crippen LogP contribution in [0, 0.1) is 5.92 Å². The Kier molecular flexibility index (Phi) is 4.53. The fourth-order valence-corrected chi connectivity index (χ4v) is 4.32. The zero-order valence-electron chi connectivity index (χ0n) is 14.4. The molecule has 25 heavy (non-hydrogen) atoms. The molecule has 3 nitrogen and oxygen atoms in total. The van der Waals surface area contributed by atoms with Crippen LogP contribution in [0.3, 0.4) is 0 Å². The van der Waals surface area contributed by atoms with E-state index in [1.807, 2.05) is 35.2 Å². The Labute approximate surface area is 152 Å². The third-order valence-corrected chi connectivity index (χ3v) is 6.04. The Morgan fingerprint density at radius 2 is 1.96 bits per heavy atom. The van der Waals surface area contributed by atoms with Gasteiger partial charge in [0.1, 0.15) is 5.01 Å². The number of thiazole rings is 1. The molecule has 1 aliphatic heterocycles. The van der Waals surface area contributed by atoms with E-state index in [2.05, 4.69) is 25.1 Å². The molecule has 1 fully saturated rings. The second-order valence-electron chi connectivity index (χ2n) is 6.93. The number of fused-ring (bicyclic) bond motifs is 1. The molecule has 0 saturated carbocycles. The van der Waals surface area contributed by atoms with Crippen LogP contribution < -0.4 is 0 Å². The Balaban J connectivity index is 1.52. The molecule has 4 heteroatoms. The quantitative estimate of drug-likeness (QED) is 0.682. The van der Waals surface area contributed by atoms with Crippen LogP contribution in [0.5, 0.6) is 0 Å². The average molecular weight is 350 g/mol. The Bertz CT molecular complexity index is 861. The predicted octanol–water partition coefficient (Wildman–Crippen LogP) is 4.76. The number of hydrogen-bond acceptors (Lipinski definition) is 3. The van der Waals surface area contributed by atoms with E-state index in [0.29, 0.717) is 6.42 Å². The Morgan fingerprint density at radius 1 is 1.16 bits per heavy atom. The highest BCUT2D eigenvalue weighted by Gasteiger charge is 2.20. The minimum atomic E-state index is 0.244. The van der Waals surface area contributed by atoms with Crippen molar-refractivity contribution in [2.24, 2.45) is 5.92 Å². The van der Waals surface area contributed by atoms with Crippen molar-refractivity contribution in [3.8, 4) is 10.6 Å². The number of rotatable bonds is 3. The fraction of sp³-hybridized carbons (Fsp3) is 0.333. The molecule has 4 rings (SSSR count). The first kappa shape index (κ1) is 16.3. The fourth-order valence-electron chi connectivity index (χ4n) is 3.35. The summed E-state index contributed by atoms with van der Waals surface area (Å²) in [5.74, 6) is 0.986. The van der Waals surface area contributed by atoms with Gasteiger partial charge in [-0.15, -0.1) is 11.3 Å². The summed E-state index contributed by atoms with van der Waals surface area (Å²) < 4.78 is 1.20. The summed E-state index contributed by atoms with van der Waals surface area (Å²) in [6.07, 6.45) is 2.72. The Morgan fingerprint density at radius 3 is 2.76 bits per heavy atom. The predicted molar refractivity (Wildman–Crippen MR) is 104 cm³/mol. The second-order valence-corrected chi connectivity index (χ2v) is 7.96. The van der Waals surface area contributed by atoms with E-state index in [1.165, 1.54) is 4.70 Å². The summed E-state index contributed by atoms with van der Waals surface area (Å²) in [7, 11) is 0. The van der Waals surface area contributed by atoms with Crippen LogP contribution in [0.1, 0.15) is 25.3 Å². The number of likely N-dealkylation sites (tertiary alicyclic amines) is 1. The summed E-state index contributed by atoms with van der Waals surface area (Å²) in [6, 6.07) is 16.5. The SMILES string of the molecule is CC1CCN(C(=O)Cc2cccc(-c3nc4ccccc4s3)c2)CC1. The van der Waals surface area contributed by atoms with Crippen LogP contribution in [0.15, 0.2) is 48.5 Å². The first-order valence-corrected chi connectivity index (χ1v) is 9.73. The maximum Gasteiger partial charge on any atom is 0.226 e. The third-order valence-electron chi connectivity index (χ3n) is 4.96. The zero-order valence-corrected chi connectivity index (χ0v) is 15.3. The van der Waals surface area contributed by atoms with Gasteiger partial charge in [-0.3, -0.25) is 4.79 Å². The van der Waals surface area contributed by atoms with Crippen molar-refractivity contribution in [1.29, 1.82) is 0 Å². The number of nitrogens with zero attached hydrogens (tertiary/aromatic N) is 2. The molecule has 0 N–H and O–H groups in total. The number of carbonyl (C=O) groups excluding carboxylic acids is 1. The molecular formula is C21H22N2OS. The van der Waals surface area contributed by atoms with Gasteiger partial charge < -0.3 is 4.90 Å². The molecule has 0 aliphatic carbocycles. The number of carbonyl (C=O) groups is 1. The molecule has 1 aromatic heterocycles. The highest BCUT2D eigenvalue weighted by atomic mass is 32.1. The molecule has 128 valence electrons. The van der Waals surface area contributed by atoms with E-state index >= 15 is 0 Å². The average Bonchev–Trinajstić information content (AvgIpc) is 3.07. The summed E-state index contributed by atoms with van der Waals surface area (Å²) >= 11 is 1.70. The van der Waals surface area contributed by atoms with Crippen molar-refractivity contribution in [3.05, 3.63) is 54.1 Å². The maximum atomic E-state index is 12.6. The van der Waals surface area contributed by atoms with Gasteiger partial charge in [0.2, 0.25) is 5.91 Å². The zero-order chi connectivity index (χ0) is 17.2. The van der Waals surface area contributed by atoms with Gasteiger partial charge in [0.25, 0.3) is 0 Å².